The maximum Gasteiger partial charge on any atom is 0.303 e. The third-order valence-electron chi connectivity index (χ3n) is 5.15. The predicted molar refractivity (Wildman–Crippen MR) is 106 cm³/mol. The Balaban J connectivity index is 1.77. The molecule has 1 aromatic carbocycles. The Morgan fingerprint density at radius 2 is 2.22 bits per heavy atom. The smallest absolute Gasteiger partial charge is 0.303 e. The predicted octanol–water partition coefficient (Wildman–Crippen LogP) is 4.76. The van der Waals surface area contributed by atoms with E-state index in [-0.39, 0.29) is 18.6 Å². The van der Waals surface area contributed by atoms with Gasteiger partial charge in [-0.3, -0.25) is 4.79 Å². The third-order valence-corrected chi connectivity index (χ3v) is 5.15. The van der Waals surface area contributed by atoms with Gasteiger partial charge in [-0.2, -0.15) is 0 Å². The molecule has 1 unspecified atom stereocenters. The Morgan fingerprint density at radius 3 is 2.89 bits per heavy atom. The SMILES string of the molecule is C=C/C=N\C(OC1CCC1)=C(/C)c1ccc2c(c1)CCC(CCC(=O)O)O2. The lowest BCUT2D eigenvalue weighted by Crippen LogP contribution is -2.23. The van der Waals surface area contributed by atoms with Crippen molar-refractivity contribution >= 4 is 17.8 Å². The highest BCUT2D eigenvalue weighted by atomic mass is 16.5. The van der Waals surface area contributed by atoms with E-state index in [1.807, 2.05) is 19.1 Å². The molecule has 1 saturated carbocycles. The molecule has 5 nitrogen and oxygen atoms in total. The lowest BCUT2D eigenvalue weighted by Gasteiger charge is -2.28. The summed E-state index contributed by atoms with van der Waals surface area (Å²) >= 11 is 0. The number of allylic oxidation sites excluding steroid dienone is 2. The zero-order valence-corrected chi connectivity index (χ0v) is 15.8. The summed E-state index contributed by atoms with van der Waals surface area (Å²) in [6, 6.07) is 6.12. The van der Waals surface area contributed by atoms with Crippen LogP contribution in [0.2, 0.25) is 0 Å². The molecule has 3 rings (SSSR count). The molecule has 1 heterocycles. The molecular weight excluding hydrogens is 342 g/mol. The van der Waals surface area contributed by atoms with E-state index in [1.165, 1.54) is 6.42 Å². The number of benzene rings is 1. The fourth-order valence-electron chi connectivity index (χ4n) is 3.27. The fraction of sp³-hybridized carbons (Fsp3) is 0.455. The van der Waals surface area contributed by atoms with Crippen LogP contribution in [0.4, 0.5) is 0 Å². The van der Waals surface area contributed by atoms with E-state index in [1.54, 1.807) is 12.3 Å². The van der Waals surface area contributed by atoms with Gasteiger partial charge in [0, 0.05) is 18.2 Å². The van der Waals surface area contributed by atoms with Gasteiger partial charge in [0.05, 0.1) is 6.10 Å². The zero-order chi connectivity index (χ0) is 19.2. The number of carbonyl (C=O) groups is 1. The van der Waals surface area contributed by atoms with Crippen LogP contribution in [0.1, 0.15) is 56.6 Å². The Bertz CT molecular complexity index is 762. The molecule has 144 valence electrons. The highest BCUT2D eigenvalue weighted by molar-refractivity contribution is 5.74. The highest BCUT2D eigenvalue weighted by Gasteiger charge is 2.23. The number of nitrogens with zero attached hydrogens (tertiary/aromatic N) is 1. The van der Waals surface area contributed by atoms with Crippen molar-refractivity contribution in [3.63, 3.8) is 0 Å². The second-order valence-electron chi connectivity index (χ2n) is 7.15. The third kappa shape index (κ3) is 5.00. The van der Waals surface area contributed by atoms with Crippen molar-refractivity contribution in [3.8, 4) is 5.75 Å². The van der Waals surface area contributed by atoms with Crippen LogP contribution in [0.5, 0.6) is 5.75 Å². The molecule has 1 N–H and O–H groups in total. The van der Waals surface area contributed by atoms with Crippen LogP contribution in [0.15, 0.2) is 41.7 Å². The van der Waals surface area contributed by atoms with E-state index in [0.29, 0.717) is 12.3 Å². The number of fused-ring (bicyclic) bond motifs is 1. The first-order valence-corrected chi connectivity index (χ1v) is 9.61. The quantitative estimate of drug-likeness (QED) is 0.530. The summed E-state index contributed by atoms with van der Waals surface area (Å²) < 4.78 is 12.0. The molecule has 0 amide bonds. The lowest BCUT2D eigenvalue weighted by molar-refractivity contribution is -0.137. The maximum atomic E-state index is 10.8. The zero-order valence-electron chi connectivity index (χ0n) is 15.8. The van der Waals surface area contributed by atoms with Crippen molar-refractivity contribution in [2.75, 3.05) is 0 Å². The first-order valence-electron chi connectivity index (χ1n) is 9.61. The summed E-state index contributed by atoms with van der Waals surface area (Å²) in [5.74, 6) is 0.722. The lowest BCUT2D eigenvalue weighted by atomic mass is 9.95. The summed E-state index contributed by atoms with van der Waals surface area (Å²) in [7, 11) is 0. The van der Waals surface area contributed by atoms with Gasteiger partial charge in [-0.1, -0.05) is 18.7 Å². The molecule has 0 spiro atoms. The van der Waals surface area contributed by atoms with Crippen LogP contribution < -0.4 is 4.74 Å². The average Bonchev–Trinajstić information content (AvgIpc) is 2.64. The van der Waals surface area contributed by atoms with Crippen LogP contribution in [-0.2, 0) is 16.0 Å². The molecule has 0 radical (unpaired) electrons. The monoisotopic (exact) mass is 369 g/mol. The molecule has 1 aromatic rings. The molecule has 2 aliphatic rings. The second kappa shape index (κ2) is 8.89. The molecule has 0 aromatic heterocycles. The number of aliphatic carboxylic acids is 1. The van der Waals surface area contributed by atoms with E-state index in [2.05, 4.69) is 17.6 Å². The molecule has 0 bridgehead atoms. The van der Waals surface area contributed by atoms with Crippen molar-refractivity contribution < 1.29 is 19.4 Å². The van der Waals surface area contributed by atoms with Crippen LogP contribution in [0.25, 0.3) is 5.57 Å². The van der Waals surface area contributed by atoms with Gasteiger partial charge in [0.15, 0.2) is 0 Å². The topological polar surface area (TPSA) is 68.1 Å². The largest absolute Gasteiger partial charge is 0.490 e. The van der Waals surface area contributed by atoms with Crippen LogP contribution >= 0.6 is 0 Å². The molecule has 5 heteroatoms. The van der Waals surface area contributed by atoms with E-state index >= 15 is 0 Å². The number of aryl methyl sites for hydroxylation is 1. The van der Waals surface area contributed by atoms with Crippen molar-refractivity contribution in [2.24, 2.45) is 4.99 Å². The van der Waals surface area contributed by atoms with Crippen LogP contribution in [0, 0.1) is 0 Å². The molecule has 1 atom stereocenters. The first-order chi connectivity index (χ1) is 13.1. The van der Waals surface area contributed by atoms with Gasteiger partial charge in [-0.15, -0.1) is 0 Å². The van der Waals surface area contributed by atoms with E-state index in [0.717, 1.165) is 48.1 Å². The standard InChI is InChI=1S/C22H27NO4/c1-3-13-23-22(27-18-5-4-6-18)15(2)16-8-11-20-17(14-16)7-9-19(26-20)10-12-21(24)25/h3,8,11,13-14,18-19H,1,4-7,9-10,12H2,2H3,(H,24,25)/b22-15-,23-13-. The van der Waals surface area contributed by atoms with Gasteiger partial charge < -0.3 is 14.6 Å². The van der Waals surface area contributed by atoms with Gasteiger partial charge in [-0.05, 0) is 68.7 Å². The van der Waals surface area contributed by atoms with Gasteiger partial charge in [0.2, 0.25) is 5.88 Å². The number of hydrogen-bond donors (Lipinski definition) is 1. The Labute approximate surface area is 160 Å². The van der Waals surface area contributed by atoms with Gasteiger partial charge in [0.25, 0.3) is 0 Å². The Hall–Kier alpha value is -2.56. The van der Waals surface area contributed by atoms with E-state index in [4.69, 9.17) is 14.6 Å². The minimum absolute atomic E-state index is 0.0224. The summed E-state index contributed by atoms with van der Waals surface area (Å²) in [5, 5.41) is 8.84. The fourth-order valence-corrected chi connectivity index (χ4v) is 3.27. The van der Waals surface area contributed by atoms with Crippen molar-refractivity contribution in [3.05, 3.63) is 47.9 Å². The Kier molecular flexibility index (Phi) is 6.32. The number of rotatable bonds is 8. The average molecular weight is 369 g/mol. The summed E-state index contributed by atoms with van der Waals surface area (Å²) in [4.78, 5) is 15.2. The van der Waals surface area contributed by atoms with Crippen molar-refractivity contribution in [1.82, 2.24) is 0 Å². The number of ether oxygens (including phenoxy) is 2. The number of aliphatic imine (C=N–C) groups is 1. The Morgan fingerprint density at radius 1 is 1.41 bits per heavy atom. The molecule has 0 saturated heterocycles. The summed E-state index contributed by atoms with van der Waals surface area (Å²) in [6.07, 6.45) is 9.32. The first kappa shape index (κ1) is 19.2. The van der Waals surface area contributed by atoms with Crippen molar-refractivity contribution in [1.29, 1.82) is 0 Å². The second-order valence-corrected chi connectivity index (χ2v) is 7.15. The number of carboxylic acid groups (broad SMARTS) is 1. The van der Waals surface area contributed by atoms with E-state index < -0.39 is 5.97 Å². The summed E-state index contributed by atoms with van der Waals surface area (Å²) in [5.41, 5.74) is 3.21. The molecule has 1 aliphatic heterocycles. The highest BCUT2D eigenvalue weighted by Crippen LogP contribution is 2.34. The minimum Gasteiger partial charge on any atom is -0.490 e. The maximum absolute atomic E-state index is 10.8. The van der Waals surface area contributed by atoms with Gasteiger partial charge in [0.1, 0.15) is 11.9 Å². The summed E-state index contributed by atoms with van der Waals surface area (Å²) in [6.45, 7) is 5.71. The number of hydrogen-bond acceptors (Lipinski definition) is 4. The normalized spacial score (nSPS) is 20.3. The molecule has 27 heavy (non-hydrogen) atoms. The van der Waals surface area contributed by atoms with Gasteiger partial charge >= 0.3 is 5.97 Å². The van der Waals surface area contributed by atoms with Gasteiger partial charge in [-0.25, -0.2) is 4.99 Å². The molecule has 1 aliphatic carbocycles. The van der Waals surface area contributed by atoms with Crippen LogP contribution in [-0.4, -0.2) is 29.5 Å². The number of carboxylic acids is 1. The van der Waals surface area contributed by atoms with Crippen molar-refractivity contribution in [2.45, 2.75) is 64.1 Å². The molecule has 1 fully saturated rings. The van der Waals surface area contributed by atoms with Crippen LogP contribution in [0.3, 0.4) is 0 Å². The molecular formula is C22H27NO4. The van der Waals surface area contributed by atoms with E-state index in [9.17, 15) is 4.79 Å². The minimum atomic E-state index is -0.778.